The van der Waals surface area contributed by atoms with Crippen molar-refractivity contribution in [2.45, 2.75) is 43.7 Å². The zero-order valence-electron chi connectivity index (χ0n) is 21.0. The van der Waals surface area contributed by atoms with Gasteiger partial charge in [0.2, 0.25) is 5.88 Å². The Labute approximate surface area is 216 Å². The van der Waals surface area contributed by atoms with Crippen molar-refractivity contribution in [3.8, 4) is 28.6 Å². The molecular formula is C24H26F4N6O3S. The quantitative estimate of drug-likeness (QED) is 0.436. The lowest BCUT2D eigenvalue weighted by Crippen LogP contribution is -2.55. The topological polar surface area (TPSA) is 129 Å². The standard InChI is InChI=1S/C24H26F4N6O3S/c1-5-23(13-38(35,30-4)22(2,3)21(29)33-23)15-8-14(6-7-16(15)25)19-9-17(34-37-19)18-10-32-20(11-31-18)36-12-24(26,27)28/h6-11H,5,12-13H2,1-4H3,(H2,29,33)/t23-,38?/m0/s1. The third-order valence-corrected chi connectivity index (χ3v) is 9.86. The third-order valence-electron chi connectivity index (χ3n) is 6.60. The summed E-state index contributed by atoms with van der Waals surface area (Å²) < 4.78 is 79.2. The summed E-state index contributed by atoms with van der Waals surface area (Å²) in [4.78, 5) is 12.5. The molecule has 9 nitrogen and oxygen atoms in total. The van der Waals surface area contributed by atoms with Crippen LogP contribution in [0.2, 0.25) is 0 Å². The summed E-state index contributed by atoms with van der Waals surface area (Å²) in [5, 5.41) is 3.95. The number of rotatable bonds is 6. The average Bonchev–Trinajstić information content (AvgIpc) is 3.36. The molecule has 3 aromatic rings. The highest BCUT2D eigenvalue weighted by Crippen LogP contribution is 2.42. The molecule has 1 aliphatic heterocycles. The molecular weight excluding hydrogens is 528 g/mol. The zero-order chi connectivity index (χ0) is 27.9. The van der Waals surface area contributed by atoms with Gasteiger partial charge in [-0.2, -0.15) is 13.2 Å². The second kappa shape index (κ2) is 9.64. The number of aliphatic imine (C=N–C) groups is 1. The SMILES string of the molecule is CC[C@@]1(c2cc(-c3cc(-c4cnc(OCC(F)(F)F)cn4)no3)ccc2F)CS(=O)(=NC)C(C)(C)C(N)=N1. The number of hydrogen-bond acceptors (Lipinski definition) is 9. The van der Waals surface area contributed by atoms with E-state index in [2.05, 4.69) is 29.2 Å². The number of ether oxygens (including phenoxy) is 1. The first kappa shape index (κ1) is 27.5. The van der Waals surface area contributed by atoms with E-state index in [9.17, 15) is 17.4 Å². The molecule has 14 heteroatoms. The number of hydrogen-bond donors (Lipinski definition) is 1. The van der Waals surface area contributed by atoms with Crippen LogP contribution in [0.3, 0.4) is 0 Å². The lowest BCUT2D eigenvalue weighted by molar-refractivity contribution is -0.154. The molecule has 4 rings (SSSR count). The van der Waals surface area contributed by atoms with E-state index in [-0.39, 0.29) is 40.2 Å². The van der Waals surface area contributed by atoms with E-state index >= 15 is 4.39 Å². The Hall–Kier alpha value is -3.55. The number of amidine groups is 1. The van der Waals surface area contributed by atoms with E-state index in [1.165, 1.54) is 31.4 Å². The van der Waals surface area contributed by atoms with E-state index in [4.69, 9.17) is 10.3 Å². The number of benzene rings is 1. The van der Waals surface area contributed by atoms with Gasteiger partial charge < -0.3 is 15.0 Å². The molecule has 2 aromatic heterocycles. The first-order valence-electron chi connectivity index (χ1n) is 11.5. The summed E-state index contributed by atoms with van der Waals surface area (Å²) in [6.45, 7) is 3.74. The van der Waals surface area contributed by atoms with Crippen molar-refractivity contribution in [2.24, 2.45) is 15.1 Å². The molecule has 2 atom stereocenters. The van der Waals surface area contributed by atoms with Crippen LogP contribution in [0.15, 0.2) is 50.5 Å². The lowest BCUT2D eigenvalue weighted by Gasteiger charge is -2.42. The maximum atomic E-state index is 15.2. The van der Waals surface area contributed by atoms with Crippen LogP contribution >= 0.6 is 0 Å². The average molecular weight is 555 g/mol. The largest absolute Gasteiger partial charge is 0.467 e. The Morgan fingerprint density at radius 2 is 1.92 bits per heavy atom. The van der Waals surface area contributed by atoms with Crippen molar-refractivity contribution in [2.75, 3.05) is 19.4 Å². The predicted molar refractivity (Wildman–Crippen MR) is 134 cm³/mol. The van der Waals surface area contributed by atoms with E-state index in [0.717, 1.165) is 6.20 Å². The second-order valence-corrected chi connectivity index (χ2v) is 12.2. The van der Waals surface area contributed by atoms with Crippen LogP contribution < -0.4 is 10.5 Å². The fraction of sp³-hybridized carbons (Fsp3) is 0.417. The first-order chi connectivity index (χ1) is 17.7. The Morgan fingerprint density at radius 3 is 2.53 bits per heavy atom. The minimum absolute atomic E-state index is 0.0128. The van der Waals surface area contributed by atoms with Gasteiger partial charge in [0, 0.05) is 24.2 Å². The number of halogens is 4. The van der Waals surface area contributed by atoms with Crippen molar-refractivity contribution in [3.63, 3.8) is 0 Å². The molecule has 2 N–H and O–H groups in total. The summed E-state index contributed by atoms with van der Waals surface area (Å²) in [5.41, 5.74) is 6.17. The Morgan fingerprint density at radius 1 is 1.18 bits per heavy atom. The minimum Gasteiger partial charge on any atom is -0.467 e. The maximum Gasteiger partial charge on any atom is 0.422 e. The summed E-state index contributed by atoms with van der Waals surface area (Å²) in [6.07, 6.45) is -1.95. The van der Waals surface area contributed by atoms with Gasteiger partial charge in [0.15, 0.2) is 12.4 Å². The van der Waals surface area contributed by atoms with E-state index < -0.39 is 38.6 Å². The van der Waals surface area contributed by atoms with Crippen molar-refractivity contribution < 1.29 is 31.0 Å². The molecule has 38 heavy (non-hydrogen) atoms. The number of aromatic nitrogens is 3. The predicted octanol–water partition coefficient (Wildman–Crippen LogP) is 4.73. The van der Waals surface area contributed by atoms with E-state index in [0.29, 0.717) is 12.0 Å². The van der Waals surface area contributed by atoms with Crippen LogP contribution in [-0.2, 0) is 15.3 Å². The van der Waals surface area contributed by atoms with Gasteiger partial charge >= 0.3 is 6.18 Å². The molecule has 0 aliphatic carbocycles. The highest BCUT2D eigenvalue weighted by atomic mass is 32.2. The van der Waals surface area contributed by atoms with Crippen LogP contribution in [-0.4, -0.2) is 55.5 Å². The van der Waals surface area contributed by atoms with Gasteiger partial charge in [0.05, 0.1) is 27.9 Å². The maximum absolute atomic E-state index is 15.2. The summed E-state index contributed by atoms with van der Waals surface area (Å²) in [5.74, 6) is -0.463. The summed E-state index contributed by atoms with van der Waals surface area (Å²) in [6, 6.07) is 5.83. The molecule has 1 aliphatic rings. The van der Waals surface area contributed by atoms with Crippen LogP contribution in [0.5, 0.6) is 5.88 Å². The molecule has 204 valence electrons. The smallest absolute Gasteiger partial charge is 0.422 e. The van der Waals surface area contributed by atoms with E-state index in [1.54, 1.807) is 19.9 Å². The van der Waals surface area contributed by atoms with Gasteiger partial charge in [-0.15, -0.1) is 0 Å². The van der Waals surface area contributed by atoms with Crippen molar-refractivity contribution in [1.29, 1.82) is 0 Å². The Bertz CT molecular complexity index is 1490. The first-order valence-corrected chi connectivity index (χ1v) is 13.2. The Balaban J connectivity index is 1.68. The molecule has 0 bridgehead atoms. The molecule has 0 fully saturated rings. The van der Waals surface area contributed by atoms with Gasteiger partial charge in [-0.1, -0.05) is 12.1 Å². The molecule has 0 saturated carbocycles. The molecule has 0 spiro atoms. The molecule has 1 aromatic carbocycles. The van der Waals surface area contributed by atoms with Crippen LogP contribution in [0.25, 0.3) is 22.7 Å². The van der Waals surface area contributed by atoms with Crippen LogP contribution in [0.1, 0.15) is 32.8 Å². The molecule has 1 unspecified atom stereocenters. The fourth-order valence-corrected chi connectivity index (χ4v) is 6.50. The van der Waals surface area contributed by atoms with Gasteiger partial charge in [-0.25, -0.2) is 22.9 Å². The summed E-state index contributed by atoms with van der Waals surface area (Å²) in [7, 11) is -1.42. The number of nitrogens with two attached hydrogens (primary N) is 1. The minimum atomic E-state index is -4.50. The van der Waals surface area contributed by atoms with Crippen molar-refractivity contribution >= 4 is 15.6 Å². The molecule has 0 saturated heterocycles. The molecule has 0 amide bonds. The highest BCUT2D eigenvalue weighted by molar-refractivity contribution is 7.95. The molecule has 0 radical (unpaired) electrons. The van der Waals surface area contributed by atoms with Crippen LogP contribution in [0, 0.1) is 5.82 Å². The van der Waals surface area contributed by atoms with Gasteiger partial charge in [0.25, 0.3) is 0 Å². The Kier molecular flexibility index (Phi) is 6.97. The van der Waals surface area contributed by atoms with Crippen LogP contribution in [0.4, 0.5) is 17.6 Å². The zero-order valence-corrected chi connectivity index (χ0v) is 21.9. The highest BCUT2D eigenvalue weighted by Gasteiger charge is 2.49. The lowest BCUT2D eigenvalue weighted by atomic mass is 9.87. The van der Waals surface area contributed by atoms with E-state index in [1.807, 2.05) is 6.92 Å². The van der Waals surface area contributed by atoms with Gasteiger partial charge in [-0.3, -0.25) is 4.99 Å². The second-order valence-electron chi connectivity index (χ2n) is 9.27. The fourth-order valence-electron chi connectivity index (χ4n) is 4.11. The summed E-state index contributed by atoms with van der Waals surface area (Å²) >= 11 is 0. The number of alkyl halides is 3. The van der Waals surface area contributed by atoms with Gasteiger partial charge in [-0.05, 0) is 38.5 Å². The third kappa shape index (κ3) is 4.96. The van der Waals surface area contributed by atoms with Crippen molar-refractivity contribution in [1.82, 2.24) is 15.1 Å². The van der Waals surface area contributed by atoms with Crippen molar-refractivity contribution in [3.05, 3.63) is 48.0 Å². The monoisotopic (exact) mass is 554 g/mol. The number of nitrogens with zero attached hydrogens (tertiary/aromatic N) is 5. The molecule has 3 heterocycles. The van der Waals surface area contributed by atoms with Gasteiger partial charge in [0.1, 0.15) is 33.3 Å². The normalized spacial score (nSPS) is 23.1.